The molecule has 0 aromatic rings. The Kier molecular flexibility index (Phi) is 17.0. The van der Waals surface area contributed by atoms with Crippen LogP contribution in [0.15, 0.2) is 10.2 Å². The monoisotopic (exact) mass is 324 g/mol. The van der Waals surface area contributed by atoms with Crippen LogP contribution in [0.1, 0.15) is 26.7 Å². The van der Waals surface area contributed by atoms with Gasteiger partial charge in [-0.3, -0.25) is 0 Å². The van der Waals surface area contributed by atoms with Crippen molar-refractivity contribution in [3.63, 3.8) is 0 Å². The van der Waals surface area contributed by atoms with Crippen LogP contribution >= 0.6 is 0 Å². The van der Waals surface area contributed by atoms with Gasteiger partial charge in [-0.25, -0.2) is 0 Å². The van der Waals surface area contributed by atoms with E-state index in [-0.39, 0.29) is 72.0 Å². The minimum Gasteiger partial charge on any atom is -0.548 e. The fourth-order valence-electron chi connectivity index (χ4n) is 1.32. The van der Waals surface area contributed by atoms with Gasteiger partial charge in [-0.1, -0.05) is 0 Å². The summed E-state index contributed by atoms with van der Waals surface area (Å²) >= 11 is 0. The molecule has 22 heavy (non-hydrogen) atoms. The predicted octanol–water partition coefficient (Wildman–Crippen LogP) is -7.22. The average Bonchev–Trinajstić information content (AvgIpc) is 2.40. The molecule has 0 heterocycles. The zero-order valence-corrected chi connectivity index (χ0v) is 17.1. The summed E-state index contributed by atoms with van der Waals surface area (Å²) in [5.74, 6) is -4.25. The van der Waals surface area contributed by atoms with Crippen LogP contribution in [0.5, 0.6) is 0 Å². The standard InChI is InChI=1S/C12H16N4O4.2Na/c1-7(5-13)3-9(11(17)18)15-16-10(12(19)20)4-8(2)6-14;;/h7-10H,3-4H2,1-2H3,(H,17,18)(H,19,20);;/q;2*+1/p-2. The predicted molar refractivity (Wildman–Crippen MR) is 61.2 cm³/mol. The van der Waals surface area contributed by atoms with E-state index in [0.29, 0.717) is 0 Å². The summed E-state index contributed by atoms with van der Waals surface area (Å²) in [6, 6.07) is 0.877. The minimum absolute atomic E-state index is 0. The van der Waals surface area contributed by atoms with E-state index in [9.17, 15) is 19.8 Å². The van der Waals surface area contributed by atoms with Crippen LogP contribution in [0.3, 0.4) is 0 Å². The molecule has 0 saturated carbocycles. The first kappa shape index (κ1) is 26.4. The number of nitrogens with zero attached hydrogens (tertiary/aromatic N) is 4. The van der Waals surface area contributed by atoms with Crippen molar-refractivity contribution in [2.24, 2.45) is 22.1 Å². The maximum Gasteiger partial charge on any atom is 1.00 e. The number of aliphatic carboxylic acids is 2. The number of hydrogen-bond acceptors (Lipinski definition) is 8. The van der Waals surface area contributed by atoms with Crippen molar-refractivity contribution in [3.05, 3.63) is 0 Å². The third-order valence-corrected chi connectivity index (χ3v) is 2.48. The number of carboxylic acids is 2. The molecule has 0 bridgehead atoms. The van der Waals surface area contributed by atoms with Crippen molar-refractivity contribution in [2.75, 3.05) is 0 Å². The van der Waals surface area contributed by atoms with Gasteiger partial charge in [0.05, 0.1) is 24.1 Å². The van der Waals surface area contributed by atoms with Crippen LogP contribution < -0.4 is 69.3 Å². The number of rotatable bonds is 8. The summed E-state index contributed by atoms with van der Waals surface area (Å²) in [7, 11) is 0. The molecule has 10 heteroatoms. The van der Waals surface area contributed by atoms with Crippen LogP contribution in [0, 0.1) is 34.5 Å². The summed E-state index contributed by atoms with van der Waals surface area (Å²) in [5.41, 5.74) is 0. The summed E-state index contributed by atoms with van der Waals surface area (Å²) in [6.07, 6.45) is -0.258. The van der Waals surface area contributed by atoms with E-state index in [2.05, 4.69) is 10.2 Å². The zero-order chi connectivity index (χ0) is 15.7. The van der Waals surface area contributed by atoms with E-state index >= 15 is 0 Å². The van der Waals surface area contributed by atoms with Gasteiger partial charge in [0.1, 0.15) is 12.1 Å². The maximum atomic E-state index is 10.8. The van der Waals surface area contributed by atoms with Gasteiger partial charge in [0.25, 0.3) is 0 Å². The maximum absolute atomic E-state index is 10.8. The van der Waals surface area contributed by atoms with Crippen molar-refractivity contribution in [1.29, 1.82) is 10.5 Å². The summed E-state index contributed by atoms with van der Waals surface area (Å²) < 4.78 is 0. The quantitative estimate of drug-likeness (QED) is 0.319. The normalized spacial score (nSPS) is 15.1. The fourth-order valence-corrected chi connectivity index (χ4v) is 1.32. The molecule has 0 saturated heterocycles. The Morgan fingerprint density at radius 1 is 0.909 bits per heavy atom. The van der Waals surface area contributed by atoms with E-state index < -0.39 is 35.9 Å². The Morgan fingerprint density at radius 2 is 1.18 bits per heavy atom. The second-order valence-corrected chi connectivity index (χ2v) is 4.43. The van der Waals surface area contributed by atoms with Gasteiger partial charge in [0.2, 0.25) is 0 Å². The number of azo groups is 1. The second-order valence-electron chi connectivity index (χ2n) is 4.43. The van der Waals surface area contributed by atoms with Crippen LogP contribution in [0.4, 0.5) is 0 Å². The Labute approximate surface area is 173 Å². The molecule has 0 N–H and O–H groups in total. The molecule has 0 rings (SSSR count). The minimum atomic E-state index is -1.54. The molecule has 0 radical (unpaired) electrons. The molecular weight excluding hydrogens is 310 g/mol. The van der Waals surface area contributed by atoms with Crippen molar-refractivity contribution in [3.8, 4) is 12.1 Å². The Balaban J connectivity index is -0.00000180. The van der Waals surface area contributed by atoms with Crippen molar-refractivity contribution in [1.82, 2.24) is 0 Å². The third kappa shape index (κ3) is 11.1. The molecule has 0 aliphatic rings. The van der Waals surface area contributed by atoms with Gasteiger partial charge in [0.15, 0.2) is 0 Å². The number of carbonyl (C=O) groups excluding carboxylic acids is 2. The molecule has 4 atom stereocenters. The van der Waals surface area contributed by atoms with E-state index in [1.165, 1.54) is 13.8 Å². The van der Waals surface area contributed by atoms with E-state index in [0.717, 1.165) is 0 Å². The number of nitriles is 2. The Bertz CT molecular complexity index is 431. The van der Waals surface area contributed by atoms with E-state index in [4.69, 9.17) is 10.5 Å². The van der Waals surface area contributed by atoms with E-state index in [1.54, 1.807) is 0 Å². The van der Waals surface area contributed by atoms with Gasteiger partial charge < -0.3 is 19.8 Å². The number of hydrogen-bond donors (Lipinski definition) is 0. The zero-order valence-electron chi connectivity index (χ0n) is 13.1. The summed E-state index contributed by atoms with van der Waals surface area (Å²) in [5, 5.41) is 45.7. The largest absolute Gasteiger partial charge is 1.00 e. The van der Waals surface area contributed by atoms with Crippen LogP contribution in [0.25, 0.3) is 0 Å². The summed E-state index contributed by atoms with van der Waals surface area (Å²) in [4.78, 5) is 21.6. The van der Waals surface area contributed by atoms with Crippen LogP contribution in [-0.4, -0.2) is 24.0 Å². The van der Waals surface area contributed by atoms with Gasteiger partial charge in [-0.15, -0.1) is 0 Å². The van der Waals surface area contributed by atoms with Gasteiger partial charge >= 0.3 is 59.1 Å². The second kappa shape index (κ2) is 14.1. The molecule has 108 valence electrons. The SMILES string of the molecule is CC(C#N)CC(N=NC(CC(C)C#N)C(=O)[O-])C(=O)[O-].[Na+].[Na+]. The molecule has 0 aliphatic heterocycles. The first-order valence-electron chi connectivity index (χ1n) is 5.92. The van der Waals surface area contributed by atoms with Crippen LogP contribution in [0.2, 0.25) is 0 Å². The van der Waals surface area contributed by atoms with Crippen molar-refractivity contribution in [2.45, 2.75) is 38.8 Å². The summed E-state index contributed by atoms with van der Waals surface area (Å²) in [6.45, 7) is 3.00. The topological polar surface area (TPSA) is 153 Å². The first-order valence-corrected chi connectivity index (χ1v) is 5.92. The van der Waals surface area contributed by atoms with Gasteiger partial charge in [0, 0.05) is 11.8 Å². The van der Waals surface area contributed by atoms with Crippen molar-refractivity contribution >= 4 is 11.9 Å². The Morgan fingerprint density at radius 3 is 1.36 bits per heavy atom. The number of carbonyl (C=O) groups is 2. The molecule has 0 amide bonds. The van der Waals surface area contributed by atoms with Crippen LogP contribution in [-0.2, 0) is 9.59 Å². The van der Waals surface area contributed by atoms with E-state index in [1.807, 2.05) is 12.1 Å². The third-order valence-electron chi connectivity index (χ3n) is 2.48. The molecule has 4 unspecified atom stereocenters. The molecular formula is C12H14N4Na2O4. The molecule has 0 aromatic heterocycles. The number of carboxylic acid groups (broad SMARTS) is 2. The smallest absolute Gasteiger partial charge is 0.548 e. The van der Waals surface area contributed by atoms with Crippen molar-refractivity contribution < 1.29 is 78.9 Å². The molecule has 8 nitrogen and oxygen atoms in total. The first-order chi connectivity index (χ1) is 9.31. The molecule has 0 spiro atoms. The fraction of sp³-hybridized carbons (Fsp3) is 0.667. The molecule has 0 fully saturated rings. The van der Waals surface area contributed by atoms with Gasteiger partial charge in [-0.2, -0.15) is 20.8 Å². The molecule has 0 aromatic carbocycles. The Hall–Kier alpha value is -0.480. The average molecular weight is 324 g/mol. The molecule has 0 aliphatic carbocycles. The van der Waals surface area contributed by atoms with Gasteiger partial charge in [-0.05, 0) is 26.7 Å².